The number of nitrogens with zero attached hydrogens (tertiary/aromatic N) is 1. The molecule has 1 aromatic rings. The van der Waals surface area contributed by atoms with Crippen molar-refractivity contribution in [3.8, 4) is 0 Å². The molecular formula is C17H24N2O2. The summed E-state index contributed by atoms with van der Waals surface area (Å²) < 4.78 is 5.49. The van der Waals surface area contributed by atoms with E-state index in [1.54, 1.807) is 0 Å². The maximum atomic E-state index is 12.8. The Morgan fingerprint density at radius 2 is 2.29 bits per heavy atom. The number of fused-ring (bicyclic) bond motifs is 1. The van der Waals surface area contributed by atoms with E-state index in [4.69, 9.17) is 4.74 Å². The predicted molar refractivity (Wildman–Crippen MR) is 82.4 cm³/mol. The number of likely N-dealkylation sites (N-methyl/N-ethyl adjacent to an activating group) is 1. The molecule has 114 valence electrons. The Morgan fingerprint density at radius 1 is 1.43 bits per heavy atom. The van der Waals surface area contributed by atoms with Crippen LogP contribution in [0.4, 0.5) is 0 Å². The zero-order chi connectivity index (χ0) is 14.7. The molecule has 1 saturated heterocycles. The van der Waals surface area contributed by atoms with Crippen molar-refractivity contribution in [1.82, 2.24) is 10.2 Å². The summed E-state index contributed by atoms with van der Waals surface area (Å²) >= 11 is 0. The van der Waals surface area contributed by atoms with Gasteiger partial charge in [-0.25, -0.2) is 0 Å². The van der Waals surface area contributed by atoms with Crippen LogP contribution < -0.4 is 5.32 Å². The maximum Gasteiger partial charge on any atom is 0.254 e. The SMILES string of the molecule is CNC(CN1CCCc2ccccc2C1=O)C1CCOC1. The van der Waals surface area contributed by atoms with Gasteiger partial charge in [0.1, 0.15) is 0 Å². The second kappa shape index (κ2) is 6.58. The van der Waals surface area contributed by atoms with Crippen LogP contribution in [0.2, 0.25) is 0 Å². The lowest BCUT2D eigenvalue weighted by Crippen LogP contribution is -2.46. The molecule has 1 N–H and O–H groups in total. The summed E-state index contributed by atoms with van der Waals surface area (Å²) in [4.78, 5) is 14.8. The minimum Gasteiger partial charge on any atom is -0.381 e. The minimum atomic E-state index is 0.183. The Kier molecular flexibility index (Phi) is 4.56. The number of amides is 1. The summed E-state index contributed by atoms with van der Waals surface area (Å²) in [6.45, 7) is 3.28. The fraction of sp³-hybridized carbons (Fsp3) is 0.588. The van der Waals surface area contributed by atoms with Crippen LogP contribution in [0.3, 0.4) is 0 Å². The van der Waals surface area contributed by atoms with Gasteiger partial charge in [-0.1, -0.05) is 18.2 Å². The Bertz CT molecular complexity index is 497. The van der Waals surface area contributed by atoms with Gasteiger partial charge in [0.15, 0.2) is 0 Å². The number of hydrogen-bond donors (Lipinski definition) is 1. The topological polar surface area (TPSA) is 41.6 Å². The molecule has 1 aromatic carbocycles. The van der Waals surface area contributed by atoms with Crippen LogP contribution in [0.5, 0.6) is 0 Å². The minimum absolute atomic E-state index is 0.183. The van der Waals surface area contributed by atoms with Gasteiger partial charge in [0.25, 0.3) is 5.91 Å². The summed E-state index contributed by atoms with van der Waals surface area (Å²) in [5.74, 6) is 0.698. The molecule has 2 aliphatic rings. The third-order valence-corrected chi connectivity index (χ3v) is 4.73. The lowest BCUT2D eigenvalue weighted by atomic mass is 9.98. The number of hydrogen-bond acceptors (Lipinski definition) is 3. The van der Waals surface area contributed by atoms with Crippen molar-refractivity contribution in [3.05, 3.63) is 35.4 Å². The summed E-state index contributed by atoms with van der Waals surface area (Å²) in [6.07, 6.45) is 3.12. The molecule has 2 heterocycles. The second-order valence-electron chi connectivity index (χ2n) is 6.03. The van der Waals surface area contributed by atoms with E-state index in [9.17, 15) is 4.79 Å². The average Bonchev–Trinajstić information content (AvgIpc) is 2.99. The first kappa shape index (κ1) is 14.5. The molecule has 0 radical (unpaired) electrons. The Hall–Kier alpha value is -1.39. The Labute approximate surface area is 126 Å². The van der Waals surface area contributed by atoms with Gasteiger partial charge in [0, 0.05) is 37.2 Å². The van der Waals surface area contributed by atoms with Gasteiger partial charge >= 0.3 is 0 Å². The molecular weight excluding hydrogens is 264 g/mol. The van der Waals surface area contributed by atoms with Crippen molar-refractivity contribution < 1.29 is 9.53 Å². The average molecular weight is 288 g/mol. The molecule has 0 aliphatic carbocycles. The lowest BCUT2D eigenvalue weighted by molar-refractivity contribution is 0.0726. The van der Waals surface area contributed by atoms with Crippen molar-refractivity contribution >= 4 is 5.91 Å². The highest BCUT2D eigenvalue weighted by molar-refractivity contribution is 5.96. The number of nitrogens with one attached hydrogen (secondary N) is 1. The summed E-state index contributed by atoms with van der Waals surface area (Å²) in [5, 5.41) is 3.38. The van der Waals surface area contributed by atoms with Crippen LogP contribution in [0.15, 0.2) is 24.3 Å². The Morgan fingerprint density at radius 3 is 3.05 bits per heavy atom. The van der Waals surface area contributed by atoms with Gasteiger partial charge in [-0.05, 0) is 37.9 Å². The molecule has 0 spiro atoms. The molecule has 21 heavy (non-hydrogen) atoms. The van der Waals surface area contributed by atoms with Gasteiger partial charge < -0.3 is 15.0 Å². The number of carbonyl (C=O) groups excluding carboxylic acids is 1. The first-order valence-corrected chi connectivity index (χ1v) is 7.92. The fourth-order valence-electron chi connectivity index (χ4n) is 3.44. The number of aryl methyl sites for hydroxylation is 1. The van der Waals surface area contributed by atoms with Gasteiger partial charge in [-0.15, -0.1) is 0 Å². The van der Waals surface area contributed by atoms with Crippen LogP contribution in [0, 0.1) is 5.92 Å². The number of rotatable bonds is 4. The third kappa shape index (κ3) is 3.11. The molecule has 0 aromatic heterocycles. The van der Waals surface area contributed by atoms with E-state index in [1.165, 1.54) is 5.56 Å². The van der Waals surface area contributed by atoms with E-state index in [1.807, 2.05) is 30.1 Å². The molecule has 2 unspecified atom stereocenters. The smallest absolute Gasteiger partial charge is 0.254 e. The number of carbonyl (C=O) groups is 1. The van der Waals surface area contributed by atoms with Crippen molar-refractivity contribution in [3.63, 3.8) is 0 Å². The molecule has 4 nitrogen and oxygen atoms in total. The van der Waals surface area contributed by atoms with E-state index in [2.05, 4.69) is 11.4 Å². The molecule has 2 aliphatic heterocycles. The van der Waals surface area contributed by atoms with Crippen LogP contribution in [0.1, 0.15) is 28.8 Å². The molecule has 1 fully saturated rings. The molecule has 0 saturated carbocycles. The monoisotopic (exact) mass is 288 g/mol. The second-order valence-corrected chi connectivity index (χ2v) is 6.03. The van der Waals surface area contributed by atoms with Crippen molar-refractivity contribution in [1.29, 1.82) is 0 Å². The molecule has 1 amide bonds. The fourth-order valence-corrected chi connectivity index (χ4v) is 3.44. The molecule has 2 atom stereocenters. The predicted octanol–water partition coefficient (Wildman–Crippen LogP) is 1.70. The van der Waals surface area contributed by atoms with Crippen LogP contribution in [-0.4, -0.2) is 50.2 Å². The van der Waals surface area contributed by atoms with E-state index in [0.717, 1.165) is 51.1 Å². The van der Waals surface area contributed by atoms with Crippen molar-refractivity contribution in [2.45, 2.75) is 25.3 Å². The molecule has 4 heteroatoms. The number of ether oxygens (including phenoxy) is 1. The van der Waals surface area contributed by atoms with Crippen LogP contribution in [0.25, 0.3) is 0 Å². The zero-order valence-electron chi connectivity index (χ0n) is 12.7. The van der Waals surface area contributed by atoms with Crippen molar-refractivity contribution in [2.75, 3.05) is 33.4 Å². The third-order valence-electron chi connectivity index (χ3n) is 4.73. The standard InChI is InChI=1S/C17H24N2O2/c1-18-16(14-8-10-21-12-14)11-19-9-4-6-13-5-2-3-7-15(13)17(19)20/h2-3,5,7,14,16,18H,4,6,8-12H2,1H3. The maximum absolute atomic E-state index is 12.8. The van der Waals surface area contributed by atoms with E-state index >= 15 is 0 Å². The highest BCUT2D eigenvalue weighted by Crippen LogP contribution is 2.22. The van der Waals surface area contributed by atoms with Crippen LogP contribution in [-0.2, 0) is 11.2 Å². The van der Waals surface area contributed by atoms with Crippen LogP contribution >= 0.6 is 0 Å². The van der Waals surface area contributed by atoms with Gasteiger partial charge in [0.05, 0.1) is 6.61 Å². The van der Waals surface area contributed by atoms with E-state index in [-0.39, 0.29) is 5.91 Å². The summed E-state index contributed by atoms with van der Waals surface area (Å²) in [5.41, 5.74) is 2.07. The van der Waals surface area contributed by atoms with E-state index < -0.39 is 0 Å². The highest BCUT2D eigenvalue weighted by atomic mass is 16.5. The molecule has 3 rings (SSSR count). The van der Waals surface area contributed by atoms with Crippen molar-refractivity contribution in [2.24, 2.45) is 5.92 Å². The summed E-state index contributed by atoms with van der Waals surface area (Å²) in [7, 11) is 1.99. The zero-order valence-corrected chi connectivity index (χ0v) is 12.7. The number of benzene rings is 1. The summed E-state index contributed by atoms with van der Waals surface area (Å²) in [6, 6.07) is 8.34. The van der Waals surface area contributed by atoms with E-state index in [0.29, 0.717) is 12.0 Å². The highest BCUT2D eigenvalue weighted by Gasteiger charge is 2.29. The molecule has 0 bridgehead atoms. The quantitative estimate of drug-likeness (QED) is 0.917. The first-order valence-electron chi connectivity index (χ1n) is 7.92. The van der Waals surface area contributed by atoms with Gasteiger partial charge in [-0.3, -0.25) is 4.79 Å². The largest absolute Gasteiger partial charge is 0.381 e. The normalized spacial score (nSPS) is 23.8. The lowest BCUT2D eigenvalue weighted by Gasteiger charge is -2.29. The van der Waals surface area contributed by atoms with Gasteiger partial charge in [0.2, 0.25) is 0 Å². The Balaban J connectivity index is 1.74. The van der Waals surface area contributed by atoms with Gasteiger partial charge in [-0.2, -0.15) is 0 Å². The first-order chi connectivity index (χ1) is 10.3.